The predicted molar refractivity (Wildman–Crippen MR) is 120 cm³/mol. The fraction of sp³-hybridized carbons (Fsp3) is 0.296. The third kappa shape index (κ3) is 3.83. The van der Waals surface area contributed by atoms with E-state index in [2.05, 4.69) is 0 Å². The van der Waals surface area contributed by atoms with Gasteiger partial charge in [0.1, 0.15) is 28.8 Å². The Balaban J connectivity index is 1.47. The summed E-state index contributed by atoms with van der Waals surface area (Å²) in [7, 11) is 0. The second-order valence-electron chi connectivity index (χ2n) is 9.15. The molecule has 2 aliphatic rings. The van der Waals surface area contributed by atoms with E-state index in [1.54, 1.807) is 19.1 Å². The van der Waals surface area contributed by atoms with Crippen LogP contribution in [0.2, 0.25) is 0 Å². The zero-order valence-corrected chi connectivity index (χ0v) is 18.8. The second-order valence-corrected chi connectivity index (χ2v) is 9.15. The van der Waals surface area contributed by atoms with E-state index in [1.165, 1.54) is 30.3 Å². The normalized spacial score (nSPS) is 21.1. The number of piperazine rings is 1. The monoisotopic (exact) mass is 468 g/mol. The minimum absolute atomic E-state index is 0.120. The highest BCUT2D eigenvalue weighted by Gasteiger charge is 2.52. The van der Waals surface area contributed by atoms with Crippen molar-refractivity contribution in [1.82, 2.24) is 9.80 Å². The first-order valence-electron chi connectivity index (χ1n) is 11.3. The minimum atomic E-state index is -1.21. The van der Waals surface area contributed by atoms with E-state index in [-0.39, 0.29) is 24.3 Å². The molecule has 0 spiro atoms. The van der Waals surface area contributed by atoms with Crippen molar-refractivity contribution < 1.29 is 22.4 Å². The third-order valence-corrected chi connectivity index (χ3v) is 7.01. The van der Waals surface area contributed by atoms with Gasteiger partial charge in [-0.2, -0.15) is 0 Å². The SMILES string of the molecule is Cc1cc(F)cc(C2(N3CCN(Cc4cc(F)ccc4F)CC3)Cc3c(F)cccc3C2=O)c1. The van der Waals surface area contributed by atoms with Gasteiger partial charge in [0.05, 0.1) is 0 Å². The van der Waals surface area contributed by atoms with Crippen molar-refractivity contribution in [2.75, 3.05) is 26.2 Å². The van der Waals surface area contributed by atoms with Gasteiger partial charge in [0.25, 0.3) is 0 Å². The molecule has 1 fully saturated rings. The van der Waals surface area contributed by atoms with E-state index >= 15 is 0 Å². The second kappa shape index (κ2) is 8.64. The summed E-state index contributed by atoms with van der Waals surface area (Å²) < 4.78 is 56.9. The quantitative estimate of drug-likeness (QED) is 0.504. The molecular weight excluding hydrogens is 444 g/mol. The molecule has 0 N–H and O–H groups in total. The number of benzene rings is 3. The Morgan fingerprint density at radius 1 is 0.853 bits per heavy atom. The Morgan fingerprint density at radius 2 is 1.62 bits per heavy atom. The molecule has 0 amide bonds. The summed E-state index contributed by atoms with van der Waals surface area (Å²) >= 11 is 0. The molecule has 5 rings (SSSR count). The van der Waals surface area contributed by atoms with Crippen LogP contribution in [-0.4, -0.2) is 41.8 Å². The van der Waals surface area contributed by atoms with E-state index in [0.29, 0.717) is 48.4 Å². The van der Waals surface area contributed by atoms with E-state index in [1.807, 2.05) is 9.80 Å². The molecule has 1 aliphatic carbocycles. The van der Waals surface area contributed by atoms with Crippen LogP contribution in [0.15, 0.2) is 54.6 Å². The van der Waals surface area contributed by atoms with Gasteiger partial charge in [-0.15, -0.1) is 0 Å². The van der Waals surface area contributed by atoms with E-state index in [4.69, 9.17) is 0 Å². The van der Waals surface area contributed by atoms with Gasteiger partial charge in [0.2, 0.25) is 0 Å². The van der Waals surface area contributed by atoms with Crippen LogP contribution in [-0.2, 0) is 18.5 Å². The lowest BCUT2D eigenvalue weighted by atomic mass is 9.82. The Kier molecular flexibility index (Phi) is 5.78. The fourth-order valence-electron chi connectivity index (χ4n) is 5.35. The lowest BCUT2D eigenvalue weighted by Crippen LogP contribution is -2.58. The lowest BCUT2D eigenvalue weighted by molar-refractivity contribution is 0.0283. The number of rotatable bonds is 4. The Labute approximate surface area is 195 Å². The van der Waals surface area contributed by atoms with Gasteiger partial charge in [-0.25, -0.2) is 17.6 Å². The summed E-state index contributed by atoms with van der Waals surface area (Å²) in [6.07, 6.45) is 0.120. The highest BCUT2D eigenvalue weighted by atomic mass is 19.1. The first-order chi connectivity index (χ1) is 16.3. The standard InChI is InChI=1S/C27H24F4N2O/c1-17-11-19(14-21(29)12-17)27(15-23-22(26(27)34)3-2-4-25(23)31)33-9-7-32(8-10-33)16-18-13-20(28)5-6-24(18)30/h2-6,11-14H,7-10,15-16H2,1H3. The summed E-state index contributed by atoms with van der Waals surface area (Å²) in [5, 5.41) is 0. The van der Waals surface area contributed by atoms with Crippen molar-refractivity contribution in [2.24, 2.45) is 0 Å². The van der Waals surface area contributed by atoms with Crippen molar-refractivity contribution in [3.05, 3.63) is 106 Å². The summed E-state index contributed by atoms with van der Waals surface area (Å²) in [5.74, 6) is -2.09. The zero-order chi connectivity index (χ0) is 24.0. The number of fused-ring (bicyclic) bond motifs is 1. The molecule has 0 saturated carbocycles. The maximum atomic E-state index is 14.7. The van der Waals surface area contributed by atoms with Gasteiger partial charge in [0, 0.05) is 55.8 Å². The maximum absolute atomic E-state index is 14.7. The Morgan fingerprint density at radius 3 is 2.32 bits per heavy atom. The van der Waals surface area contributed by atoms with Crippen LogP contribution in [0.25, 0.3) is 0 Å². The molecule has 7 heteroatoms. The van der Waals surface area contributed by atoms with Gasteiger partial charge in [-0.05, 0) is 54.4 Å². The van der Waals surface area contributed by atoms with Gasteiger partial charge >= 0.3 is 0 Å². The van der Waals surface area contributed by atoms with Gasteiger partial charge < -0.3 is 0 Å². The maximum Gasteiger partial charge on any atom is 0.188 e. The summed E-state index contributed by atoms with van der Waals surface area (Å²) in [6, 6.07) is 12.4. The lowest BCUT2D eigenvalue weighted by Gasteiger charge is -2.45. The molecule has 1 aliphatic heterocycles. The highest BCUT2D eigenvalue weighted by Crippen LogP contribution is 2.44. The van der Waals surface area contributed by atoms with Crippen molar-refractivity contribution in [3.63, 3.8) is 0 Å². The number of carbonyl (C=O) groups is 1. The average molecular weight is 468 g/mol. The molecule has 3 aromatic carbocycles. The van der Waals surface area contributed by atoms with Gasteiger partial charge in [-0.3, -0.25) is 14.6 Å². The summed E-state index contributed by atoms with van der Waals surface area (Å²) in [6.45, 7) is 3.88. The molecule has 1 unspecified atom stereocenters. The molecule has 176 valence electrons. The van der Waals surface area contributed by atoms with Crippen LogP contribution in [0.3, 0.4) is 0 Å². The Hall–Kier alpha value is -3.03. The third-order valence-electron chi connectivity index (χ3n) is 7.01. The first kappa shape index (κ1) is 22.7. The Bertz CT molecular complexity index is 1250. The van der Waals surface area contributed by atoms with Crippen LogP contribution < -0.4 is 0 Å². The van der Waals surface area contributed by atoms with Gasteiger partial charge in [0.15, 0.2) is 5.78 Å². The number of nitrogens with zero attached hydrogens (tertiary/aromatic N) is 2. The minimum Gasteiger partial charge on any atom is -0.296 e. The van der Waals surface area contributed by atoms with E-state index in [9.17, 15) is 22.4 Å². The number of aryl methyl sites for hydroxylation is 1. The molecule has 0 aromatic heterocycles. The average Bonchev–Trinajstić information content (AvgIpc) is 3.11. The predicted octanol–water partition coefficient (Wildman–Crippen LogP) is 5.00. The summed E-state index contributed by atoms with van der Waals surface area (Å²) in [4.78, 5) is 17.8. The van der Waals surface area contributed by atoms with E-state index in [0.717, 1.165) is 12.1 Å². The summed E-state index contributed by atoms with van der Waals surface area (Å²) in [5.41, 5.74) is 0.919. The molecule has 0 radical (unpaired) electrons. The van der Waals surface area contributed by atoms with Crippen molar-refractivity contribution in [3.8, 4) is 0 Å². The number of hydrogen-bond acceptors (Lipinski definition) is 3. The largest absolute Gasteiger partial charge is 0.296 e. The van der Waals surface area contributed by atoms with Crippen molar-refractivity contribution >= 4 is 5.78 Å². The van der Waals surface area contributed by atoms with E-state index < -0.39 is 28.8 Å². The molecule has 1 saturated heterocycles. The van der Waals surface area contributed by atoms with Crippen molar-refractivity contribution in [2.45, 2.75) is 25.4 Å². The fourth-order valence-corrected chi connectivity index (χ4v) is 5.35. The van der Waals surface area contributed by atoms with Crippen LogP contribution in [0.4, 0.5) is 17.6 Å². The molecule has 1 atom stereocenters. The molecule has 3 nitrogen and oxygen atoms in total. The van der Waals surface area contributed by atoms with Crippen LogP contribution >= 0.6 is 0 Å². The number of Topliss-reactive ketones (excluding diaryl/α,β-unsaturated/α-hetero) is 1. The smallest absolute Gasteiger partial charge is 0.188 e. The van der Waals surface area contributed by atoms with Crippen LogP contribution in [0, 0.1) is 30.2 Å². The molecule has 3 aromatic rings. The van der Waals surface area contributed by atoms with Crippen LogP contribution in [0.5, 0.6) is 0 Å². The zero-order valence-electron chi connectivity index (χ0n) is 18.8. The molecule has 34 heavy (non-hydrogen) atoms. The molecule has 1 heterocycles. The number of ketones is 1. The van der Waals surface area contributed by atoms with Crippen molar-refractivity contribution in [1.29, 1.82) is 0 Å². The first-order valence-corrected chi connectivity index (χ1v) is 11.3. The number of hydrogen-bond donors (Lipinski definition) is 0. The number of halogens is 4. The van der Waals surface area contributed by atoms with Crippen LogP contribution in [0.1, 0.15) is 32.6 Å². The highest BCUT2D eigenvalue weighted by molar-refractivity contribution is 6.08. The number of carbonyl (C=O) groups excluding carboxylic acids is 1. The van der Waals surface area contributed by atoms with Gasteiger partial charge in [-0.1, -0.05) is 18.2 Å². The molecule has 0 bridgehead atoms. The topological polar surface area (TPSA) is 23.6 Å². The molecular formula is C27H24F4N2O.